The van der Waals surface area contributed by atoms with Crippen molar-refractivity contribution in [3.63, 3.8) is 0 Å². The number of ketones is 1. The van der Waals surface area contributed by atoms with Crippen molar-refractivity contribution in [2.75, 3.05) is 0 Å². The van der Waals surface area contributed by atoms with Crippen molar-refractivity contribution in [1.29, 1.82) is 0 Å². The number of hydrogen-bond acceptors (Lipinski definition) is 1. The SMILES string of the molecule is O=C(CC1CC1)c1ccc(I)c(Cl)c1. The molecule has 1 aliphatic carbocycles. The van der Waals surface area contributed by atoms with Gasteiger partial charge in [0, 0.05) is 15.6 Å². The molecule has 0 spiro atoms. The molecule has 0 atom stereocenters. The molecule has 0 saturated heterocycles. The summed E-state index contributed by atoms with van der Waals surface area (Å²) in [4.78, 5) is 11.7. The predicted octanol–water partition coefficient (Wildman–Crippen LogP) is 3.93. The molecule has 1 saturated carbocycles. The van der Waals surface area contributed by atoms with Crippen LogP contribution in [-0.4, -0.2) is 5.78 Å². The lowest BCUT2D eigenvalue weighted by atomic mass is 10.1. The highest BCUT2D eigenvalue weighted by molar-refractivity contribution is 14.1. The van der Waals surface area contributed by atoms with E-state index in [0.717, 1.165) is 9.13 Å². The lowest BCUT2D eigenvalue weighted by Gasteiger charge is -2.01. The van der Waals surface area contributed by atoms with E-state index in [-0.39, 0.29) is 5.78 Å². The number of carbonyl (C=O) groups is 1. The van der Waals surface area contributed by atoms with E-state index in [1.54, 1.807) is 6.07 Å². The topological polar surface area (TPSA) is 17.1 Å². The Morgan fingerprint density at radius 3 is 2.79 bits per heavy atom. The number of benzene rings is 1. The zero-order chi connectivity index (χ0) is 10.1. The predicted molar refractivity (Wildman–Crippen MR) is 65.8 cm³/mol. The summed E-state index contributed by atoms with van der Waals surface area (Å²) in [6, 6.07) is 5.52. The second-order valence-electron chi connectivity index (χ2n) is 3.70. The van der Waals surface area contributed by atoms with Crippen LogP contribution in [0.3, 0.4) is 0 Å². The van der Waals surface area contributed by atoms with Crippen molar-refractivity contribution in [2.45, 2.75) is 19.3 Å². The van der Waals surface area contributed by atoms with Gasteiger partial charge in [-0.15, -0.1) is 0 Å². The fourth-order valence-electron chi connectivity index (χ4n) is 1.37. The van der Waals surface area contributed by atoms with E-state index in [1.165, 1.54) is 12.8 Å². The van der Waals surface area contributed by atoms with Gasteiger partial charge in [0.2, 0.25) is 0 Å². The van der Waals surface area contributed by atoms with E-state index in [0.29, 0.717) is 17.4 Å². The van der Waals surface area contributed by atoms with Crippen molar-refractivity contribution in [2.24, 2.45) is 5.92 Å². The van der Waals surface area contributed by atoms with Crippen molar-refractivity contribution < 1.29 is 4.79 Å². The zero-order valence-corrected chi connectivity index (χ0v) is 10.5. The molecule has 2 rings (SSSR count). The minimum atomic E-state index is 0.228. The first-order valence-corrected chi connectivity index (χ1v) is 6.11. The minimum absolute atomic E-state index is 0.228. The van der Waals surface area contributed by atoms with E-state index in [9.17, 15) is 4.79 Å². The van der Waals surface area contributed by atoms with E-state index >= 15 is 0 Å². The summed E-state index contributed by atoms with van der Waals surface area (Å²) < 4.78 is 0.993. The summed E-state index contributed by atoms with van der Waals surface area (Å²) in [5.74, 6) is 0.867. The van der Waals surface area contributed by atoms with Crippen molar-refractivity contribution >= 4 is 40.0 Å². The van der Waals surface area contributed by atoms with Gasteiger partial charge < -0.3 is 0 Å². The van der Waals surface area contributed by atoms with Crippen LogP contribution in [0.4, 0.5) is 0 Å². The molecule has 74 valence electrons. The number of carbonyl (C=O) groups excluding carboxylic acids is 1. The number of rotatable bonds is 3. The molecule has 14 heavy (non-hydrogen) atoms. The Morgan fingerprint density at radius 2 is 2.21 bits per heavy atom. The molecular weight excluding hydrogens is 310 g/mol. The molecule has 3 heteroatoms. The van der Waals surface area contributed by atoms with E-state index in [1.807, 2.05) is 12.1 Å². The third kappa shape index (κ3) is 2.48. The second kappa shape index (κ2) is 4.19. The van der Waals surface area contributed by atoms with Gasteiger partial charge in [0.25, 0.3) is 0 Å². The lowest BCUT2D eigenvalue weighted by Crippen LogP contribution is -2.00. The summed E-state index contributed by atoms with van der Waals surface area (Å²) in [6.45, 7) is 0. The second-order valence-corrected chi connectivity index (χ2v) is 5.27. The quantitative estimate of drug-likeness (QED) is 0.609. The Morgan fingerprint density at radius 1 is 1.50 bits per heavy atom. The van der Waals surface area contributed by atoms with Crippen LogP contribution in [0.2, 0.25) is 5.02 Å². The molecule has 0 unspecified atom stereocenters. The Kier molecular flexibility index (Phi) is 3.12. The highest BCUT2D eigenvalue weighted by Crippen LogP contribution is 2.33. The van der Waals surface area contributed by atoms with Crippen molar-refractivity contribution in [3.8, 4) is 0 Å². The van der Waals surface area contributed by atoms with Crippen molar-refractivity contribution in [1.82, 2.24) is 0 Å². The summed E-state index contributed by atoms with van der Waals surface area (Å²) in [7, 11) is 0. The van der Waals surface area contributed by atoms with Gasteiger partial charge in [-0.05, 0) is 53.5 Å². The maximum atomic E-state index is 11.7. The largest absolute Gasteiger partial charge is 0.294 e. The molecule has 0 aromatic heterocycles. The molecule has 0 heterocycles. The van der Waals surface area contributed by atoms with Gasteiger partial charge in [-0.3, -0.25) is 4.79 Å². The molecule has 1 nitrogen and oxygen atoms in total. The number of hydrogen-bond donors (Lipinski definition) is 0. The molecule has 1 aliphatic rings. The van der Waals surface area contributed by atoms with Crippen molar-refractivity contribution in [3.05, 3.63) is 32.4 Å². The van der Waals surface area contributed by atoms with E-state index in [4.69, 9.17) is 11.6 Å². The van der Waals surface area contributed by atoms with Crippen LogP contribution < -0.4 is 0 Å². The van der Waals surface area contributed by atoms with E-state index < -0.39 is 0 Å². The van der Waals surface area contributed by atoms with Crippen LogP contribution in [0.5, 0.6) is 0 Å². The average Bonchev–Trinajstić information content (AvgIpc) is 2.93. The minimum Gasteiger partial charge on any atom is -0.294 e. The Hall–Kier alpha value is -0.0900. The zero-order valence-electron chi connectivity index (χ0n) is 7.59. The first-order chi connectivity index (χ1) is 6.66. The maximum Gasteiger partial charge on any atom is 0.163 e. The van der Waals surface area contributed by atoms with Gasteiger partial charge in [0.15, 0.2) is 5.78 Å². The Bertz CT molecular complexity index is 372. The fraction of sp³-hybridized carbons (Fsp3) is 0.364. The smallest absolute Gasteiger partial charge is 0.163 e. The number of Topliss-reactive ketones (excluding diaryl/α,β-unsaturated/α-hetero) is 1. The molecular formula is C11H10ClIO. The van der Waals surface area contributed by atoms with Crippen LogP contribution in [0.1, 0.15) is 29.6 Å². The number of halogens is 2. The molecule has 0 radical (unpaired) electrons. The molecule has 0 N–H and O–H groups in total. The van der Waals surface area contributed by atoms with Crippen LogP contribution in [0.25, 0.3) is 0 Å². The third-order valence-corrected chi connectivity index (χ3v) is 3.98. The normalized spacial score (nSPS) is 15.6. The van der Waals surface area contributed by atoms with Crippen LogP contribution >= 0.6 is 34.2 Å². The van der Waals surface area contributed by atoms with Crippen LogP contribution in [0, 0.1) is 9.49 Å². The standard InChI is InChI=1S/C11H10ClIO/c12-9-6-8(3-4-10(9)13)11(14)5-7-1-2-7/h3-4,6-7H,1-2,5H2. The first kappa shape index (κ1) is 10.4. The maximum absolute atomic E-state index is 11.7. The van der Waals surface area contributed by atoms with E-state index in [2.05, 4.69) is 22.6 Å². The van der Waals surface area contributed by atoms with Crippen LogP contribution in [0.15, 0.2) is 18.2 Å². The average molecular weight is 321 g/mol. The van der Waals surface area contributed by atoms with Gasteiger partial charge in [0.1, 0.15) is 0 Å². The Balaban J connectivity index is 2.14. The molecule has 0 amide bonds. The monoisotopic (exact) mass is 320 g/mol. The molecule has 0 aliphatic heterocycles. The summed E-state index contributed by atoms with van der Waals surface area (Å²) in [5.41, 5.74) is 0.752. The Labute approximate surface area is 102 Å². The first-order valence-electron chi connectivity index (χ1n) is 4.65. The molecule has 1 fully saturated rings. The lowest BCUT2D eigenvalue weighted by molar-refractivity contribution is 0.0976. The van der Waals surface area contributed by atoms with Gasteiger partial charge >= 0.3 is 0 Å². The third-order valence-electron chi connectivity index (χ3n) is 2.41. The van der Waals surface area contributed by atoms with Gasteiger partial charge in [-0.25, -0.2) is 0 Å². The summed E-state index contributed by atoms with van der Waals surface area (Å²) in [6.07, 6.45) is 3.12. The van der Waals surface area contributed by atoms with Crippen LogP contribution in [-0.2, 0) is 0 Å². The molecule has 1 aromatic rings. The highest BCUT2D eigenvalue weighted by atomic mass is 127. The molecule has 1 aromatic carbocycles. The summed E-state index contributed by atoms with van der Waals surface area (Å²) in [5, 5.41) is 0.673. The van der Waals surface area contributed by atoms with Gasteiger partial charge in [-0.2, -0.15) is 0 Å². The highest BCUT2D eigenvalue weighted by Gasteiger charge is 2.24. The van der Waals surface area contributed by atoms with Gasteiger partial charge in [0.05, 0.1) is 5.02 Å². The molecule has 0 bridgehead atoms. The fourth-order valence-corrected chi connectivity index (χ4v) is 1.89. The summed E-state index contributed by atoms with van der Waals surface area (Å²) >= 11 is 8.11. The van der Waals surface area contributed by atoms with Gasteiger partial charge in [-0.1, -0.05) is 17.7 Å².